The van der Waals surface area contributed by atoms with E-state index in [1.807, 2.05) is 31.3 Å². The Morgan fingerprint density at radius 3 is 2.44 bits per heavy atom. The van der Waals surface area contributed by atoms with Gasteiger partial charge in [0.2, 0.25) is 0 Å². The summed E-state index contributed by atoms with van der Waals surface area (Å²) >= 11 is 0. The fourth-order valence-corrected chi connectivity index (χ4v) is 1.84. The molecule has 2 rings (SSSR count). The molecule has 84 valence electrons. The van der Waals surface area contributed by atoms with Gasteiger partial charge in [-0.05, 0) is 37.1 Å². The minimum Gasteiger partial charge on any atom is -0.497 e. The standard InChI is InChI=1S/C13H16N2O/c1-15(10-13(9-14)7-8-13)11-3-5-12(16-2)6-4-11/h3-6H,7-8,10H2,1-2H3. The fraction of sp³-hybridized carbons (Fsp3) is 0.462. The molecular formula is C13H16N2O. The van der Waals surface area contributed by atoms with Crippen LogP contribution < -0.4 is 9.64 Å². The van der Waals surface area contributed by atoms with Crippen LogP contribution in [0.15, 0.2) is 24.3 Å². The Labute approximate surface area is 96.2 Å². The Bertz CT molecular complexity index is 401. The smallest absolute Gasteiger partial charge is 0.119 e. The normalized spacial score (nSPS) is 16.3. The third-order valence-electron chi connectivity index (χ3n) is 3.14. The number of nitriles is 1. The Balaban J connectivity index is 2.03. The molecule has 16 heavy (non-hydrogen) atoms. The van der Waals surface area contributed by atoms with Crippen LogP contribution in [-0.4, -0.2) is 20.7 Å². The highest BCUT2D eigenvalue weighted by Crippen LogP contribution is 2.45. The molecule has 1 fully saturated rings. The van der Waals surface area contributed by atoms with Crippen molar-refractivity contribution in [2.45, 2.75) is 12.8 Å². The van der Waals surface area contributed by atoms with Crippen LogP contribution >= 0.6 is 0 Å². The maximum atomic E-state index is 9.04. The first kappa shape index (κ1) is 10.8. The van der Waals surface area contributed by atoms with Crippen LogP contribution in [-0.2, 0) is 0 Å². The van der Waals surface area contributed by atoms with Crippen LogP contribution in [0.25, 0.3) is 0 Å². The minimum atomic E-state index is -0.0886. The van der Waals surface area contributed by atoms with Crippen molar-refractivity contribution in [2.75, 3.05) is 25.6 Å². The molecule has 0 aliphatic heterocycles. The lowest BCUT2D eigenvalue weighted by Crippen LogP contribution is -2.25. The van der Waals surface area contributed by atoms with Crippen molar-refractivity contribution in [1.29, 1.82) is 5.26 Å². The van der Waals surface area contributed by atoms with Crippen molar-refractivity contribution in [2.24, 2.45) is 5.41 Å². The summed E-state index contributed by atoms with van der Waals surface area (Å²) in [5.41, 5.74) is 1.04. The molecular weight excluding hydrogens is 200 g/mol. The molecule has 0 saturated heterocycles. The second kappa shape index (κ2) is 4.05. The molecule has 3 nitrogen and oxygen atoms in total. The molecule has 1 aromatic rings. The van der Waals surface area contributed by atoms with Crippen LogP contribution in [0.5, 0.6) is 5.75 Å². The van der Waals surface area contributed by atoms with Gasteiger partial charge in [0.25, 0.3) is 0 Å². The van der Waals surface area contributed by atoms with Gasteiger partial charge in [-0.2, -0.15) is 5.26 Å². The molecule has 0 atom stereocenters. The van der Waals surface area contributed by atoms with E-state index in [9.17, 15) is 0 Å². The van der Waals surface area contributed by atoms with E-state index >= 15 is 0 Å². The lowest BCUT2D eigenvalue weighted by atomic mass is 10.1. The van der Waals surface area contributed by atoms with E-state index < -0.39 is 0 Å². The second-order valence-corrected chi connectivity index (χ2v) is 4.45. The first-order valence-electron chi connectivity index (χ1n) is 5.46. The fourth-order valence-electron chi connectivity index (χ4n) is 1.84. The van der Waals surface area contributed by atoms with E-state index in [1.165, 1.54) is 0 Å². The molecule has 1 aromatic carbocycles. The summed E-state index contributed by atoms with van der Waals surface area (Å²) in [5, 5.41) is 9.04. The Hall–Kier alpha value is -1.69. The molecule has 0 aromatic heterocycles. The molecule has 0 heterocycles. The summed E-state index contributed by atoms with van der Waals surface area (Å²) in [5.74, 6) is 0.860. The maximum Gasteiger partial charge on any atom is 0.119 e. The van der Waals surface area contributed by atoms with Gasteiger partial charge in [-0.1, -0.05) is 0 Å². The highest BCUT2D eigenvalue weighted by atomic mass is 16.5. The van der Waals surface area contributed by atoms with E-state index in [-0.39, 0.29) is 5.41 Å². The van der Waals surface area contributed by atoms with Gasteiger partial charge in [-0.25, -0.2) is 0 Å². The molecule has 0 radical (unpaired) electrons. The predicted molar refractivity (Wildman–Crippen MR) is 63.5 cm³/mol. The summed E-state index contributed by atoms with van der Waals surface area (Å²) < 4.78 is 5.11. The van der Waals surface area contributed by atoms with Crippen molar-refractivity contribution in [1.82, 2.24) is 0 Å². The quantitative estimate of drug-likeness (QED) is 0.775. The van der Waals surface area contributed by atoms with Gasteiger partial charge in [0.05, 0.1) is 18.6 Å². The SMILES string of the molecule is COc1ccc(N(C)CC2(C#N)CC2)cc1. The number of nitrogens with zero attached hydrogens (tertiary/aromatic N) is 2. The topological polar surface area (TPSA) is 36.3 Å². The number of benzene rings is 1. The van der Waals surface area contributed by atoms with Gasteiger partial charge < -0.3 is 9.64 Å². The molecule has 0 bridgehead atoms. The molecule has 1 aliphatic rings. The number of ether oxygens (including phenoxy) is 1. The molecule has 0 spiro atoms. The molecule has 0 unspecified atom stereocenters. The maximum absolute atomic E-state index is 9.04. The van der Waals surface area contributed by atoms with Crippen LogP contribution in [0.4, 0.5) is 5.69 Å². The number of rotatable bonds is 4. The number of methoxy groups -OCH3 is 1. The van der Waals surface area contributed by atoms with Crippen LogP contribution in [0.1, 0.15) is 12.8 Å². The average Bonchev–Trinajstić information content (AvgIpc) is 3.09. The van der Waals surface area contributed by atoms with Gasteiger partial charge >= 0.3 is 0 Å². The van der Waals surface area contributed by atoms with Gasteiger partial charge in [0.15, 0.2) is 0 Å². The highest BCUT2D eigenvalue weighted by Gasteiger charge is 2.44. The monoisotopic (exact) mass is 216 g/mol. The third kappa shape index (κ3) is 2.11. The Morgan fingerprint density at radius 1 is 1.38 bits per heavy atom. The molecule has 1 aliphatic carbocycles. The van der Waals surface area contributed by atoms with Gasteiger partial charge in [-0.15, -0.1) is 0 Å². The first-order valence-corrected chi connectivity index (χ1v) is 5.46. The van der Waals surface area contributed by atoms with Crippen LogP contribution in [0, 0.1) is 16.7 Å². The van der Waals surface area contributed by atoms with Crippen molar-refractivity contribution in [3.05, 3.63) is 24.3 Å². The van der Waals surface area contributed by atoms with E-state index in [0.29, 0.717) is 0 Å². The van der Waals surface area contributed by atoms with Crippen molar-refractivity contribution in [3.63, 3.8) is 0 Å². The number of hydrogen-bond donors (Lipinski definition) is 0. The zero-order valence-electron chi connectivity index (χ0n) is 9.73. The summed E-state index contributed by atoms with van der Waals surface area (Å²) in [4.78, 5) is 2.13. The first-order chi connectivity index (χ1) is 7.69. The van der Waals surface area contributed by atoms with Crippen LogP contribution in [0.2, 0.25) is 0 Å². The molecule has 3 heteroatoms. The molecule has 0 amide bonds. The average molecular weight is 216 g/mol. The number of hydrogen-bond acceptors (Lipinski definition) is 3. The van der Waals surface area contributed by atoms with E-state index in [4.69, 9.17) is 10.00 Å². The molecule has 0 N–H and O–H groups in total. The highest BCUT2D eigenvalue weighted by molar-refractivity contribution is 5.49. The Kier molecular flexibility index (Phi) is 2.74. The second-order valence-electron chi connectivity index (χ2n) is 4.45. The van der Waals surface area contributed by atoms with Gasteiger partial charge in [-0.3, -0.25) is 0 Å². The zero-order chi connectivity index (χ0) is 11.6. The molecule has 1 saturated carbocycles. The van der Waals surface area contributed by atoms with Crippen molar-refractivity contribution >= 4 is 5.69 Å². The summed E-state index contributed by atoms with van der Waals surface area (Å²) in [7, 11) is 3.69. The largest absolute Gasteiger partial charge is 0.497 e. The van der Waals surface area contributed by atoms with E-state index in [1.54, 1.807) is 7.11 Å². The summed E-state index contributed by atoms with van der Waals surface area (Å²) in [6, 6.07) is 10.3. The van der Waals surface area contributed by atoms with E-state index in [2.05, 4.69) is 11.0 Å². The predicted octanol–water partition coefficient (Wildman–Crippen LogP) is 2.44. The van der Waals surface area contributed by atoms with E-state index in [0.717, 1.165) is 30.8 Å². The van der Waals surface area contributed by atoms with Gasteiger partial charge in [0.1, 0.15) is 5.75 Å². The Morgan fingerprint density at radius 2 is 2.00 bits per heavy atom. The van der Waals surface area contributed by atoms with Crippen LogP contribution in [0.3, 0.4) is 0 Å². The zero-order valence-corrected chi connectivity index (χ0v) is 9.73. The number of anilines is 1. The third-order valence-corrected chi connectivity index (χ3v) is 3.14. The van der Waals surface area contributed by atoms with Crippen molar-refractivity contribution in [3.8, 4) is 11.8 Å². The minimum absolute atomic E-state index is 0.0886. The summed E-state index contributed by atoms with van der Waals surface area (Å²) in [6.07, 6.45) is 2.06. The lowest BCUT2D eigenvalue weighted by molar-refractivity contribution is 0.415. The van der Waals surface area contributed by atoms with Crippen molar-refractivity contribution < 1.29 is 4.74 Å². The summed E-state index contributed by atoms with van der Waals surface area (Å²) in [6.45, 7) is 0.815. The van der Waals surface area contributed by atoms with Gasteiger partial charge in [0, 0.05) is 19.3 Å². The lowest BCUT2D eigenvalue weighted by Gasteiger charge is -2.21.